The Morgan fingerprint density at radius 1 is 1.00 bits per heavy atom. The van der Waals surface area contributed by atoms with Crippen molar-refractivity contribution in [3.05, 3.63) is 89.8 Å². The number of ether oxygens (including phenoxy) is 1. The minimum absolute atomic E-state index is 0.834. The van der Waals surface area contributed by atoms with Crippen LogP contribution in [0.3, 0.4) is 0 Å². The predicted molar refractivity (Wildman–Crippen MR) is 98.3 cm³/mol. The molecule has 2 aliphatic heterocycles. The van der Waals surface area contributed by atoms with Gasteiger partial charge in [-0.1, -0.05) is 30.3 Å². The van der Waals surface area contributed by atoms with Crippen molar-refractivity contribution >= 4 is 17.5 Å². The normalized spacial score (nSPS) is 15.1. The van der Waals surface area contributed by atoms with E-state index in [4.69, 9.17) is 4.74 Å². The van der Waals surface area contributed by atoms with Gasteiger partial charge >= 0.3 is 0 Å². The van der Waals surface area contributed by atoms with Crippen LogP contribution in [0.2, 0.25) is 0 Å². The third kappa shape index (κ3) is 2.76. The number of allylic oxidation sites excluding steroid dienone is 4. The molecule has 118 valence electrons. The van der Waals surface area contributed by atoms with E-state index >= 15 is 0 Å². The Morgan fingerprint density at radius 2 is 1.79 bits per heavy atom. The molecule has 0 saturated carbocycles. The molecule has 0 saturated heterocycles. The minimum atomic E-state index is 0.834. The van der Waals surface area contributed by atoms with Crippen LogP contribution >= 0.6 is 0 Å². The van der Waals surface area contributed by atoms with E-state index in [1.807, 2.05) is 24.4 Å². The summed E-state index contributed by atoms with van der Waals surface area (Å²) < 4.78 is 5.27. The number of rotatable bonds is 3. The number of benzene rings is 2. The highest BCUT2D eigenvalue weighted by Gasteiger charge is 2.16. The van der Waals surface area contributed by atoms with Crippen molar-refractivity contribution in [1.29, 1.82) is 0 Å². The quantitative estimate of drug-likeness (QED) is 0.820. The van der Waals surface area contributed by atoms with Crippen LogP contribution in [0, 0.1) is 0 Å². The fourth-order valence-corrected chi connectivity index (χ4v) is 2.94. The third-order valence-electron chi connectivity index (χ3n) is 4.24. The molecule has 3 nitrogen and oxygen atoms in total. The lowest BCUT2D eigenvalue weighted by Gasteiger charge is -2.19. The number of hydrogen-bond donors (Lipinski definition) is 0. The molecule has 2 heterocycles. The molecule has 4 rings (SSSR count). The molecule has 0 atom stereocenters. The zero-order chi connectivity index (χ0) is 16.4. The Balaban J connectivity index is 1.56. The van der Waals surface area contributed by atoms with Crippen molar-refractivity contribution in [2.75, 3.05) is 7.11 Å². The Hall–Kier alpha value is -3.07. The molecular formula is C21H18N2O. The van der Waals surface area contributed by atoms with Crippen molar-refractivity contribution in [2.24, 2.45) is 4.99 Å². The number of fused-ring (bicyclic) bond motifs is 1. The first-order valence-corrected chi connectivity index (χ1v) is 7.96. The summed E-state index contributed by atoms with van der Waals surface area (Å²) in [6.45, 7) is 0.873. The summed E-state index contributed by atoms with van der Waals surface area (Å²) in [7, 11) is 1.67. The molecule has 0 fully saturated rings. The maximum absolute atomic E-state index is 5.27. The van der Waals surface area contributed by atoms with Gasteiger partial charge in [0, 0.05) is 42.4 Å². The van der Waals surface area contributed by atoms with Crippen molar-refractivity contribution < 1.29 is 4.74 Å². The molecule has 0 amide bonds. The van der Waals surface area contributed by atoms with Gasteiger partial charge in [0.2, 0.25) is 0 Å². The second-order valence-electron chi connectivity index (χ2n) is 5.80. The standard InChI is InChI=1S/C21H18N2O/c1-24-18-7-8-19-20(14-22-21(19)13-18)17-9-11-23(12-10-17)15-16-5-3-2-4-6-16/h2-14H,15H2,1H3. The van der Waals surface area contributed by atoms with Gasteiger partial charge in [0.15, 0.2) is 0 Å². The highest BCUT2D eigenvalue weighted by molar-refractivity contribution is 6.18. The number of methoxy groups -OCH3 is 1. The summed E-state index contributed by atoms with van der Waals surface area (Å²) in [6.07, 6.45) is 10.4. The molecule has 0 bridgehead atoms. The van der Waals surface area contributed by atoms with Crippen LogP contribution in [0.5, 0.6) is 5.75 Å². The first-order valence-electron chi connectivity index (χ1n) is 7.96. The zero-order valence-corrected chi connectivity index (χ0v) is 13.5. The van der Waals surface area contributed by atoms with Crippen LogP contribution in [0.15, 0.2) is 83.6 Å². The topological polar surface area (TPSA) is 24.8 Å². The Bertz CT molecular complexity index is 860. The predicted octanol–water partition coefficient (Wildman–Crippen LogP) is 4.71. The second kappa shape index (κ2) is 6.20. The van der Waals surface area contributed by atoms with Crippen LogP contribution in [-0.4, -0.2) is 18.2 Å². The molecule has 0 spiro atoms. The van der Waals surface area contributed by atoms with Gasteiger partial charge in [0.05, 0.1) is 12.8 Å². The summed E-state index contributed by atoms with van der Waals surface area (Å²) in [5.41, 5.74) is 5.73. The largest absolute Gasteiger partial charge is 0.497 e. The van der Waals surface area contributed by atoms with E-state index in [1.54, 1.807) is 7.11 Å². The average molecular weight is 314 g/mol. The highest BCUT2D eigenvalue weighted by Crippen LogP contribution is 2.37. The fraction of sp³-hybridized carbons (Fsp3) is 0.0952. The van der Waals surface area contributed by atoms with Crippen molar-refractivity contribution in [1.82, 2.24) is 4.90 Å². The summed E-state index contributed by atoms with van der Waals surface area (Å²) in [6, 6.07) is 16.5. The van der Waals surface area contributed by atoms with Crippen LogP contribution in [-0.2, 0) is 6.54 Å². The monoisotopic (exact) mass is 314 g/mol. The SMILES string of the molecule is COc1ccc2c(c1)N=CC2=C1C=CN(Cc2ccccc2)C=C1. The van der Waals surface area contributed by atoms with E-state index in [9.17, 15) is 0 Å². The van der Waals surface area contributed by atoms with Gasteiger partial charge < -0.3 is 9.64 Å². The first-order chi connectivity index (χ1) is 11.8. The maximum Gasteiger partial charge on any atom is 0.121 e. The molecule has 0 aromatic heterocycles. The molecule has 0 radical (unpaired) electrons. The lowest BCUT2D eigenvalue weighted by Crippen LogP contribution is -2.11. The Kier molecular flexibility index (Phi) is 3.75. The average Bonchev–Trinajstić information content (AvgIpc) is 3.06. The molecule has 2 aromatic rings. The van der Waals surface area contributed by atoms with E-state index in [2.05, 4.69) is 64.8 Å². The zero-order valence-electron chi connectivity index (χ0n) is 13.5. The molecular weight excluding hydrogens is 296 g/mol. The van der Waals surface area contributed by atoms with E-state index in [0.717, 1.165) is 29.1 Å². The van der Waals surface area contributed by atoms with Gasteiger partial charge in [-0.15, -0.1) is 0 Å². The van der Waals surface area contributed by atoms with E-state index in [0.29, 0.717) is 0 Å². The molecule has 3 heteroatoms. The van der Waals surface area contributed by atoms with Gasteiger partial charge in [-0.2, -0.15) is 0 Å². The van der Waals surface area contributed by atoms with Crippen molar-refractivity contribution in [2.45, 2.75) is 6.54 Å². The van der Waals surface area contributed by atoms with Crippen LogP contribution in [0.4, 0.5) is 5.69 Å². The summed E-state index contributed by atoms with van der Waals surface area (Å²) in [5.74, 6) is 0.834. The van der Waals surface area contributed by atoms with Gasteiger partial charge in [0.25, 0.3) is 0 Å². The van der Waals surface area contributed by atoms with Crippen LogP contribution in [0.1, 0.15) is 11.1 Å². The number of nitrogens with zero attached hydrogens (tertiary/aromatic N) is 2. The maximum atomic E-state index is 5.27. The van der Waals surface area contributed by atoms with E-state index in [1.165, 1.54) is 11.1 Å². The summed E-state index contributed by atoms with van der Waals surface area (Å²) in [5, 5.41) is 0. The van der Waals surface area contributed by atoms with Crippen molar-refractivity contribution in [3.63, 3.8) is 0 Å². The molecule has 0 aliphatic carbocycles. The second-order valence-corrected chi connectivity index (χ2v) is 5.80. The summed E-state index contributed by atoms with van der Waals surface area (Å²) in [4.78, 5) is 6.69. The molecule has 2 aromatic carbocycles. The lowest BCUT2D eigenvalue weighted by atomic mass is 10.00. The highest BCUT2D eigenvalue weighted by atomic mass is 16.5. The minimum Gasteiger partial charge on any atom is -0.497 e. The lowest BCUT2D eigenvalue weighted by molar-refractivity contribution is 0.415. The molecule has 24 heavy (non-hydrogen) atoms. The molecule has 0 N–H and O–H groups in total. The van der Waals surface area contributed by atoms with Gasteiger partial charge in [-0.3, -0.25) is 4.99 Å². The van der Waals surface area contributed by atoms with Crippen LogP contribution in [0.25, 0.3) is 5.57 Å². The van der Waals surface area contributed by atoms with E-state index < -0.39 is 0 Å². The third-order valence-corrected chi connectivity index (χ3v) is 4.24. The number of aliphatic imine (C=N–C) groups is 1. The molecule has 0 unspecified atom stereocenters. The Labute approximate surface area is 141 Å². The van der Waals surface area contributed by atoms with E-state index in [-0.39, 0.29) is 0 Å². The summed E-state index contributed by atoms with van der Waals surface area (Å²) >= 11 is 0. The van der Waals surface area contributed by atoms with Gasteiger partial charge in [-0.25, -0.2) is 0 Å². The molecule has 2 aliphatic rings. The number of hydrogen-bond acceptors (Lipinski definition) is 3. The van der Waals surface area contributed by atoms with Crippen molar-refractivity contribution in [3.8, 4) is 5.75 Å². The van der Waals surface area contributed by atoms with Gasteiger partial charge in [0.1, 0.15) is 5.75 Å². The smallest absolute Gasteiger partial charge is 0.121 e. The first kappa shape index (κ1) is 14.5. The van der Waals surface area contributed by atoms with Gasteiger partial charge in [-0.05, 0) is 35.4 Å². The Morgan fingerprint density at radius 3 is 2.54 bits per heavy atom. The fourth-order valence-electron chi connectivity index (χ4n) is 2.94. The van der Waals surface area contributed by atoms with Crippen LogP contribution < -0.4 is 4.74 Å².